The molecule has 0 N–H and O–H groups in total. The zero-order valence-electron chi connectivity index (χ0n) is 8.64. The fourth-order valence-electron chi connectivity index (χ4n) is 1.48. The Morgan fingerprint density at radius 2 is 1.88 bits per heavy atom. The van der Waals surface area contributed by atoms with Gasteiger partial charge in [0.05, 0.1) is 14.8 Å². The van der Waals surface area contributed by atoms with E-state index < -0.39 is 0 Å². The minimum absolute atomic E-state index is 0.0382. The summed E-state index contributed by atoms with van der Waals surface area (Å²) in [6.45, 7) is 3.91. The molecule has 16 heavy (non-hydrogen) atoms. The van der Waals surface area contributed by atoms with Crippen LogP contribution in [0.25, 0.3) is 0 Å². The van der Waals surface area contributed by atoms with E-state index in [1.807, 2.05) is 19.9 Å². The summed E-state index contributed by atoms with van der Waals surface area (Å²) in [5.41, 5.74) is 1.49. The Labute approximate surface area is 112 Å². The van der Waals surface area contributed by atoms with E-state index in [9.17, 15) is 4.79 Å². The van der Waals surface area contributed by atoms with Crippen LogP contribution in [-0.4, -0.2) is 5.78 Å². The quantitative estimate of drug-likeness (QED) is 0.714. The van der Waals surface area contributed by atoms with Crippen LogP contribution in [0.15, 0.2) is 12.1 Å². The summed E-state index contributed by atoms with van der Waals surface area (Å²) >= 11 is 14.5. The Hall–Kier alpha value is -0.350. The number of hydrogen-bond donors (Lipinski definition) is 0. The van der Waals surface area contributed by atoms with Gasteiger partial charge in [-0.3, -0.25) is 4.79 Å². The molecule has 0 bridgehead atoms. The summed E-state index contributed by atoms with van der Waals surface area (Å²) in [6, 6.07) is 3.63. The van der Waals surface area contributed by atoms with Crippen LogP contribution in [0.1, 0.15) is 25.7 Å². The Morgan fingerprint density at radius 1 is 1.19 bits per heavy atom. The first kappa shape index (κ1) is 12.1. The first-order chi connectivity index (χ1) is 7.49. The van der Waals surface area contributed by atoms with Crippen LogP contribution >= 0.6 is 45.9 Å². The summed E-state index contributed by atoms with van der Waals surface area (Å²) in [4.78, 5) is 14.1. The van der Waals surface area contributed by atoms with E-state index in [-0.39, 0.29) is 5.78 Å². The molecule has 2 aromatic rings. The fraction of sp³-hybridized carbons (Fsp3) is 0.182. The molecule has 0 saturated carbocycles. The Morgan fingerprint density at radius 3 is 2.31 bits per heavy atom. The molecule has 0 aliphatic heterocycles. The number of hydrogen-bond acceptors (Lipinski definition) is 3. The molecule has 0 amide bonds. The maximum Gasteiger partial charge on any atom is 0.205 e. The lowest BCUT2D eigenvalue weighted by Gasteiger charge is -1.96. The molecule has 84 valence electrons. The molecule has 0 spiro atoms. The van der Waals surface area contributed by atoms with Crippen molar-refractivity contribution in [3.05, 3.63) is 41.7 Å². The number of thiophene rings is 2. The van der Waals surface area contributed by atoms with Gasteiger partial charge in [-0.25, -0.2) is 0 Å². The third kappa shape index (κ3) is 2.18. The lowest BCUT2D eigenvalue weighted by Crippen LogP contribution is -1.98. The standard InChI is InChI=1S/C11H8Cl2OS2/c1-5-3-6(2)15-10(5)9(14)7-4-8(12)16-11(7)13/h3-4H,1-2H3. The molecule has 0 radical (unpaired) electrons. The summed E-state index contributed by atoms with van der Waals surface area (Å²) in [6.07, 6.45) is 0. The van der Waals surface area contributed by atoms with Gasteiger partial charge < -0.3 is 0 Å². The number of ketones is 1. The zero-order chi connectivity index (χ0) is 11.9. The van der Waals surface area contributed by atoms with Gasteiger partial charge in [-0.15, -0.1) is 22.7 Å². The van der Waals surface area contributed by atoms with Gasteiger partial charge in [-0.1, -0.05) is 23.2 Å². The van der Waals surface area contributed by atoms with Crippen LogP contribution in [0.3, 0.4) is 0 Å². The molecule has 0 unspecified atom stereocenters. The second-order valence-corrected chi connectivity index (χ2v) is 6.98. The fourth-order valence-corrected chi connectivity index (χ4v) is 3.92. The number of carbonyl (C=O) groups is 1. The summed E-state index contributed by atoms with van der Waals surface area (Å²) in [5, 5.41) is 0. The molecule has 5 heteroatoms. The van der Waals surface area contributed by atoms with Gasteiger partial charge in [0.15, 0.2) is 0 Å². The van der Waals surface area contributed by atoms with Crippen molar-refractivity contribution in [1.82, 2.24) is 0 Å². The smallest absolute Gasteiger partial charge is 0.205 e. The zero-order valence-corrected chi connectivity index (χ0v) is 11.8. The van der Waals surface area contributed by atoms with Crippen LogP contribution in [0, 0.1) is 13.8 Å². The molecule has 0 aliphatic carbocycles. The highest BCUT2D eigenvalue weighted by molar-refractivity contribution is 7.20. The molecular formula is C11H8Cl2OS2. The molecule has 2 rings (SSSR count). The SMILES string of the molecule is Cc1cc(C)c(C(=O)c2cc(Cl)sc2Cl)s1. The molecule has 0 saturated heterocycles. The van der Waals surface area contributed by atoms with Crippen molar-refractivity contribution in [2.75, 3.05) is 0 Å². The number of aryl methyl sites for hydroxylation is 2. The van der Waals surface area contributed by atoms with E-state index in [1.54, 1.807) is 6.07 Å². The van der Waals surface area contributed by atoms with Crippen molar-refractivity contribution in [3.8, 4) is 0 Å². The second kappa shape index (κ2) is 4.49. The normalized spacial score (nSPS) is 10.8. The highest BCUT2D eigenvalue weighted by Crippen LogP contribution is 2.34. The molecular weight excluding hydrogens is 283 g/mol. The van der Waals surface area contributed by atoms with Gasteiger partial charge >= 0.3 is 0 Å². The van der Waals surface area contributed by atoms with Crippen molar-refractivity contribution >= 4 is 51.7 Å². The van der Waals surface area contributed by atoms with Crippen LogP contribution in [-0.2, 0) is 0 Å². The Balaban J connectivity index is 2.46. The van der Waals surface area contributed by atoms with Gasteiger partial charge in [0.1, 0.15) is 4.34 Å². The lowest BCUT2D eigenvalue weighted by molar-refractivity contribution is 0.104. The third-order valence-corrected chi connectivity index (χ3v) is 4.79. The Kier molecular flexibility index (Phi) is 3.40. The monoisotopic (exact) mass is 290 g/mol. The van der Waals surface area contributed by atoms with Crippen molar-refractivity contribution < 1.29 is 4.79 Å². The van der Waals surface area contributed by atoms with E-state index in [2.05, 4.69) is 0 Å². The topological polar surface area (TPSA) is 17.1 Å². The van der Waals surface area contributed by atoms with Crippen molar-refractivity contribution in [3.63, 3.8) is 0 Å². The predicted octanol–water partition coefficient (Wildman–Crippen LogP) is 4.96. The van der Waals surface area contributed by atoms with Gasteiger partial charge in [-0.2, -0.15) is 0 Å². The van der Waals surface area contributed by atoms with E-state index in [1.165, 1.54) is 22.7 Å². The average Bonchev–Trinajstić information content (AvgIpc) is 2.68. The molecule has 0 atom stereocenters. The van der Waals surface area contributed by atoms with Gasteiger partial charge in [0, 0.05) is 4.88 Å². The predicted molar refractivity (Wildman–Crippen MR) is 71.6 cm³/mol. The first-order valence-electron chi connectivity index (χ1n) is 4.55. The maximum absolute atomic E-state index is 12.2. The molecule has 0 fully saturated rings. The highest BCUT2D eigenvalue weighted by atomic mass is 35.5. The van der Waals surface area contributed by atoms with Crippen LogP contribution in [0.5, 0.6) is 0 Å². The number of rotatable bonds is 2. The number of carbonyl (C=O) groups excluding carboxylic acids is 1. The minimum atomic E-state index is -0.0382. The third-order valence-electron chi connectivity index (χ3n) is 2.15. The highest BCUT2D eigenvalue weighted by Gasteiger charge is 2.19. The van der Waals surface area contributed by atoms with Crippen molar-refractivity contribution in [1.29, 1.82) is 0 Å². The summed E-state index contributed by atoms with van der Waals surface area (Å²) in [5.74, 6) is -0.0382. The molecule has 0 aromatic carbocycles. The van der Waals surface area contributed by atoms with E-state index in [0.29, 0.717) is 14.2 Å². The second-order valence-electron chi connectivity index (χ2n) is 3.44. The summed E-state index contributed by atoms with van der Waals surface area (Å²) in [7, 11) is 0. The average molecular weight is 291 g/mol. The maximum atomic E-state index is 12.2. The van der Waals surface area contributed by atoms with Crippen LogP contribution in [0.4, 0.5) is 0 Å². The largest absolute Gasteiger partial charge is 0.288 e. The minimum Gasteiger partial charge on any atom is -0.288 e. The van der Waals surface area contributed by atoms with E-state index in [4.69, 9.17) is 23.2 Å². The Bertz CT molecular complexity index is 506. The lowest BCUT2D eigenvalue weighted by atomic mass is 10.1. The van der Waals surface area contributed by atoms with Crippen molar-refractivity contribution in [2.45, 2.75) is 13.8 Å². The van der Waals surface area contributed by atoms with E-state index in [0.717, 1.165) is 15.3 Å². The van der Waals surface area contributed by atoms with Crippen LogP contribution < -0.4 is 0 Å². The molecule has 1 nitrogen and oxygen atoms in total. The molecule has 2 aromatic heterocycles. The molecule has 0 aliphatic rings. The van der Waals surface area contributed by atoms with Crippen molar-refractivity contribution in [2.24, 2.45) is 0 Å². The summed E-state index contributed by atoms with van der Waals surface area (Å²) < 4.78 is 1.000. The van der Waals surface area contributed by atoms with Gasteiger partial charge in [-0.05, 0) is 31.5 Å². The van der Waals surface area contributed by atoms with E-state index >= 15 is 0 Å². The van der Waals surface area contributed by atoms with Gasteiger partial charge in [0.25, 0.3) is 0 Å². The van der Waals surface area contributed by atoms with Gasteiger partial charge in [0.2, 0.25) is 5.78 Å². The first-order valence-corrected chi connectivity index (χ1v) is 6.94. The van der Waals surface area contributed by atoms with Crippen LogP contribution in [0.2, 0.25) is 8.67 Å². The molecule has 2 heterocycles. The number of halogens is 2.